The summed E-state index contributed by atoms with van der Waals surface area (Å²) >= 11 is 9.94. The van der Waals surface area contributed by atoms with Gasteiger partial charge in [0.2, 0.25) is 0 Å². The fourth-order valence-electron chi connectivity index (χ4n) is 1.68. The lowest BCUT2D eigenvalue weighted by Gasteiger charge is -2.10. The first-order valence-electron chi connectivity index (χ1n) is 6.52. The Morgan fingerprint density at radius 2 is 2.19 bits per heavy atom. The Morgan fingerprint density at radius 1 is 1.48 bits per heavy atom. The number of amides is 1. The number of nitrogens with zero attached hydrogens (tertiary/aromatic N) is 1. The van der Waals surface area contributed by atoms with Crippen molar-refractivity contribution in [1.82, 2.24) is 4.90 Å². The summed E-state index contributed by atoms with van der Waals surface area (Å²) in [6.07, 6.45) is 1.85. The average Bonchev–Trinajstić information content (AvgIpc) is 2.65. The summed E-state index contributed by atoms with van der Waals surface area (Å²) in [6, 6.07) is 5.78. The van der Waals surface area contributed by atoms with Gasteiger partial charge in [-0.1, -0.05) is 43.9 Å². The van der Waals surface area contributed by atoms with Gasteiger partial charge in [-0.15, -0.1) is 0 Å². The molecule has 1 aromatic rings. The Morgan fingerprint density at radius 3 is 2.71 bits per heavy atom. The molecule has 0 unspecified atom stereocenters. The van der Waals surface area contributed by atoms with Gasteiger partial charge in [0.15, 0.2) is 0 Å². The predicted molar refractivity (Wildman–Crippen MR) is 95.4 cm³/mol. The van der Waals surface area contributed by atoms with Crippen LogP contribution in [0, 0.1) is 5.92 Å². The van der Waals surface area contributed by atoms with Crippen LogP contribution >= 0.6 is 39.9 Å². The zero-order valence-corrected chi connectivity index (χ0v) is 15.3. The smallest absolute Gasteiger partial charge is 0.265 e. The van der Waals surface area contributed by atoms with Crippen LogP contribution < -0.4 is 4.74 Å². The number of likely N-dealkylation sites (N-methyl/N-ethyl adjacent to an activating group) is 1. The minimum atomic E-state index is -0.0544. The molecule has 0 aliphatic carbocycles. The Bertz CT molecular complexity index is 614. The first kappa shape index (κ1) is 16.5. The number of carbonyl (C=O) groups excluding carboxylic acids is 1. The van der Waals surface area contributed by atoms with Gasteiger partial charge in [-0.3, -0.25) is 9.69 Å². The zero-order chi connectivity index (χ0) is 15.6. The molecular weight excluding hydrogens is 370 g/mol. The summed E-state index contributed by atoms with van der Waals surface area (Å²) in [5.74, 6) is 1.23. The third-order valence-corrected chi connectivity index (χ3v) is 4.92. The van der Waals surface area contributed by atoms with Crippen molar-refractivity contribution in [2.75, 3.05) is 13.7 Å². The molecule has 0 saturated carbocycles. The topological polar surface area (TPSA) is 29.5 Å². The third kappa shape index (κ3) is 4.08. The summed E-state index contributed by atoms with van der Waals surface area (Å²) in [6.45, 7) is 4.89. The SMILES string of the molecule is CC(C)COc1ccc(/C=C2\SC(=S)N(C)C2=O)cc1Br. The molecule has 21 heavy (non-hydrogen) atoms. The molecule has 1 aliphatic heterocycles. The molecule has 0 bridgehead atoms. The van der Waals surface area contributed by atoms with E-state index in [1.165, 1.54) is 16.7 Å². The molecular formula is C15H16BrNO2S2. The van der Waals surface area contributed by atoms with E-state index >= 15 is 0 Å². The Hall–Kier alpha value is -0.850. The Labute approximate surface area is 142 Å². The Balaban J connectivity index is 2.17. The average molecular weight is 386 g/mol. The number of ether oxygens (including phenoxy) is 1. The van der Waals surface area contributed by atoms with Gasteiger partial charge in [-0.2, -0.15) is 0 Å². The van der Waals surface area contributed by atoms with E-state index in [1.807, 2.05) is 24.3 Å². The lowest BCUT2D eigenvalue weighted by molar-refractivity contribution is -0.121. The molecule has 0 radical (unpaired) electrons. The number of carbonyl (C=O) groups is 1. The van der Waals surface area contributed by atoms with Gasteiger partial charge >= 0.3 is 0 Å². The second-order valence-corrected chi connectivity index (χ2v) is 7.67. The second kappa shape index (κ2) is 6.94. The number of benzene rings is 1. The molecule has 0 aromatic heterocycles. The van der Waals surface area contributed by atoms with Crippen molar-refractivity contribution in [3.8, 4) is 5.75 Å². The molecule has 1 aromatic carbocycles. The van der Waals surface area contributed by atoms with Crippen molar-refractivity contribution in [3.05, 3.63) is 33.1 Å². The van der Waals surface area contributed by atoms with E-state index in [0.29, 0.717) is 21.8 Å². The predicted octanol–water partition coefficient (Wildman–Crippen LogP) is 4.31. The standard InChI is InChI=1S/C15H16BrNO2S2/c1-9(2)8-19-12-5-4-10(6-11(12)16)7-13-14(18)17(3)15(20)21-13/h4-7,9H,8H2,1-3H3/b13-7-. The van der Waals surface area contributed by atoms with Crippen LogP contribution in [0.5, 0.6) is 5.75 Å². The lowest BCUT2D eigenvalue weighted by Crippen LogP contribution is -2.22. The van der Waals surface area contributed by atoms with Crippen LogP contribution in [0.15, 0.2) is 27.6 Å². The van der Waals surface area contributed by atoms with Crippen LogP contribution in [0.2, 0.25) is 0 Å². The van der Waals surface area contributed by atoms with E-state index in [9.17, 15) is 4.79 Å². The molecule has 1 aliphatic rings. The van der Waals surface area contributed by atoms with Gasteiger partial charge in [0, 0.05) is 7.05 Å². The van der Waals surface area contributed by atoms with E-state index in [2.05, 4.69) is 29.8 Å². The second-order valence-electron chi connectivity index (χ2n) is 5.14. The van der Waals surface area contributed by atoms with E-state index in [-0.39, 0.29) is 5.91 Å². The van der Waals surface area contributed by atoms with Gasteiger partial charge in [-0.25, -0.2) is 0 Å². The molecule has 1 heterocycles. The van der Waals surface area contributed by atoms with Crippen molar-refractivity contribution < 1.29 is 9.53 Å². The molecule has 112 valence electrons. The van der Waals surface area contributed by atoms with Crippen LogP contribution in [0.4, 0.5) is 0 Å². The van der Waals surface area contributed by atoms with Gasteiger partial charge in [0.05, 0.1) is 16.0 Å². The number of rotatable bonds is 4. The maximum absolute atomic E-state index is 12.0. The van der Waals surface area contributed by atoms with Crippen LogP contribution in [-0.2, 0) is 4.79 Å². The maximum Gasteiger partial charge on any atom is 0.265 e. The summed E-state index contributed by atoms with van der Waals surface area (Å²) < 4.78 is 7.17. The molecule has 1 amide bonds. The maximum atomic E-state index is 12.0. The van der Waals surface area contributed by atoms with Crippen LogP contribution in [0.3, 0.4) is 0 Å². The summed E-state index contributed by atoms with van der Waals surface area (Å²) in [5.41, 5.74) is 0.938. The quantitative estimate of drug-likeness (QED) is 0.570. The lowest BCUT2D eigenvalue weighted by atomic mass is 10.2. The van der Waals surface area contributed by atoms with E-state index in [4.69, 9.17) is 17.0 Å². The van der Waals surface area contributed by atoms with E-state index < -0.39 is 0 Å². The van der Waals surface area contributed by atoms with Gasteiger partial charge in [0.25, 0.3) is 5.91 Å². The molecule has 3 nitrogen and oxygen atoms in total. The highest BCUT2D eigenvalue weighted by molar-refractivity contribution is 9.10. The fourth-order valence-corrected chi connectivity index (χ4v) is 3.37. The molecule has 0 spiro atoms. The first-order valence-corrected chi connectivity index (χ1v) is 8.54. The highest BCUT2D eigenvalue weighted by Crippen LogP contribution is 2.33. The third-order valence-electron chi connectivity index (χ3n) is 2.81. The number of thiocarbonyl (C=S) groups is 1. The van der Waals surface area contributed by atoms with Crippen molar-refractivity contribution in [2.24, 2.45) is 5.92 Å². The molecule has 2 rings (SSSR count). The number of thioether (sulfide) groups is 1. The van der Waals surface area contributed by atoms with Crippen molar-refractivity contribution >= 4 is 56.2 Å². The monoisotopic (exact) mass is 385 g/mol. The van der Waals surface area contributed by atoms with E-state index in [1.54, 1.807) is 7.05 Å². The first-order chi connectivity index (χ1) is 9.88. The van der Waals surface area contributed by atoms with Crippen molar-refractivity contribution in [3.63, 3.8) is 0 Å². The molecule has 6 heteroatoms. The Kier molecular flexibility index (Phi) is 5.46. The van der Waals surface area contributed by atoms with Gasteiger partial charge < -0.3 is 4.74 Å². The minimum Gasteiger partial charge on any atom is -0.492 e. The van der Waals surface area contributed by atoms with Crippen molar-refractivity contribution in [1.29, 1.82) is 0 Å². The zero-order valence-electron chi connectivity index (χ0n) is 12.1. The number of halogens is 1. The summed E-state index contributed by atoms with van der Waals surface area (Å²) in [7, 11) is 1.69. The molecule has 1 saturated heterocycles. The highest BCUT2D eigenvalue weighted by Gasteiger charge is 2.28. The highest BCUT2D eigenvalue weighted by atomic mass is 79.9. The fraction of sp³-hybridized carbons (Fsp3) is 0.333. The minimum absolute atomic E-state index is 0.0544. The summed E-state index contributed by atoms with van der Waals surface area (Å²) in [5, 5.41) is 0. The summed E-state index contributed by atoms with van der Waals surface area (Å²) in [4.78, 5) is 14.1. The molecule has 0 atom stereocenters. The van der Waals surface area contributed by atoms with Crippen molar-refractivity contribution in [2.45, 2.75) is 13.8 Å². The van der Waals surface area contributed by atoms with E-state index in [0.717, 1.165) is 15.8 Å². The number of hydrogen-bond donors (Lipinski definition) is 0. The van der Waals surface area contributed by atoms with Crippen LogP contribution in [0.25, 0.3) is 6.08 Å². The van der Waals surface area contributed by atoms with Crippen LogP contribution in [0.1, 0.15) is 19.4 Å². The molecule has 1 fully saturated rings. The van der Waals surface area contributed by atoms with Crippen LogP contribution in [-0.4, -0.2) is 28.8 Å². The molecule has 0 N–H and O–H groups in total. The normalized spacial score (nSPS) is 17.2. The van der Waals surface area contributed by atoms with Gasteiger partial charge in [-0.05, 0) is 45.6 Å². The van der Waals surface area contributed by atoms with Gasteiger partial charge in [0.1, 0.15) is 10.1 Å². The largest absolute Gasteiger partial charge is 0.492 e. The number of hydrogen-bond acceptors (Lipinski definition) is 4.